The first-order chi connectivity index (χ1) is 12.7. The maximum atomic E-state index is 12.6. The van der Waals surface area contributed by atoms with Crippen molar-refractivity contribution in [2.75, 3.05) is 13.1 Å². The van der Waals surface area contributed by atoms with Crippen LogP contribution in [0.1, 0.15) is 40.9 Å². The molecule has 1 aliphatic heterocycles. The van der Waals surface area contributed by atoms with Gasteiger partial charge in [-0.15, -0.1) is 11.3 Å². The van der Waals surface area contributed by atoms with E-state index in [0.717, 1.165) is 34.6 Å². The highest BCUT2D eigenvalue weighted by molar-refractivity contribution is 7.18. The molecule has 7 heteroatoms. The molecule has 1 aliphatic rings. The van der Waals surface area contributed by atoms with Crippen LogP contribution < -0.4 is 5.32 Å². The Morgan fingerprint density at radius 1 is 1.27 bits per heavy atom. The van der Waals surface area contributed by atoms with Crippen LogP contribution in [0, 0.1) is 0 Å². The third kappa shape index (κ3) is 3.35. The maximum absolute atomic E-state index is 12.6. The number of rotatable bonds is 5. The molecule has 1 N–H and O–H groups in total. The number of thiazole rings is 1. The first kappa shape index (κ1) is 16.8. The van der Waals surface area contributed by atoms with Gasteiger partial charge in [0, 0.05) is 19.5 Å². The zero-order valence-corrected chi connectivity index (χ0v) is 15.0. The number of nitrogens with zero attached hydrogens (tertiary/aromatic N) is 2. The summed E-state index contributed by atoms with van der Waals surface area (Å²) >= 11 is 1.66. The van der Waals surface area contributed by atoms with Crippen LogP contribution in [0.2, 0.25) is 0 Å². The number of amides is 2. The summed E-state index contributed by atoms with van der Waals surface area (Å²) in [7, 11) is 0. The van der Waals surface area contributed by atoms with Crippen molar-refractivity contribution in [3.05, 3.63) is 53.4 Å². The summed E-state index contributed by atoms with van der Waals surface area (Å²) in [6.07, 6.45) is 3.64. The van der Waals surface area contributed by atoms with E-state index in [9.17, 15) is 9.59 Å². The van der Waals surface area contributed by atoms with Gasteiger partial charge < -0.3 is 14.6 Å². The van der Waals surface area contributed by atoms with Crippen molar-refractivity contribution in [1.29, 1.82) is 0 Å². The van der Waals surface area contributed by atoms with Gasteiger partial charge in [0.15, 0.2) is 5.76 Å². The third-order valence-corrected chi connectivity index (χ3v) is 5.68. The van der Waals surface area contributed by atoms with Crippen molar-refractivity contribution in [1.82, 2.24) is 15.2 Å². The first-order valence-electron chi connectivity index (χ1n) is 8.69. The predicted molar refractivity (Wildman–Crippen MR) is 99.0 cm³/mol. The summed E-state index contributed by atoms with van der Waals surface area (Å²) in [4.78, 5) is 31.1. The molecule has 1 fully saturated rings. The Labute approximate surface area is 154 Å². The number of furan rings is 1. The van der Waals surface area contributed by atoms with Crippen molar-refractivity contribution in [3.8, 4) is 0 Å². The number of carbonyl (C=O) groups is 2. The van der Waals surface area contributed by atoms with Gasteiger partial charge in [0.1, 0.15) is 5.01 Å². The number of benzene rings is 1. The molecule has 6 nitrogen and oxygen atoms in total. The molecular formula is C19H19N3O3S. The minimum atomic E-state index is -0.299. The molecular weight excluding hydrogens is 350 g/mol. The maximum Gasteiger partial charge on any atom is 0.286 e. The lowest BCUT2D eigenvalue weighted by atomic mass is 10.2. The number of likely N-dealkylation sites (tertiary alicyclic amines) is 1. The summed E-state index contributed by atoms with van der Waals surface area (Å²) in [5.74, 6) is 0.00409. The van der Waals surface area contributed by atoms with E-state index in [1.807, 2.05) is 23.1 Å². The zero-order valence-electron chi connectivity index (χ0n) is 14.2. The molecule has 2 amide bonds. The Balaban J connectivity index is 1.38. The van der Waals surface area contributed by atoms with Gasteiger partial charge in [0.05, 0.1) is 22.5 Å². The average molecular weight is 369 g/mol. The summed E-state index contributed by atoms with van der Waals surface area (Å²) in [5.41, 5.74) is 0.984. The summed E-state index contributed by atoms with van der Waals surface area (Å²) in [5, 5.41) is 3.72. The van der Waals surface area contributed by atoms with Crippen molar-refractivity contribution < 1.29 is 14.0 Å². The van der Waals surface area contributed by atoms with E-state index in [2.05, 4.69) is 11.4 Å². The minimum absolute atomic E-state index is 0.0423. The molecule has 2 aromatic heterocycles. The Morgan fingerprint density at radius 2 is 2.15 bits per heavy atom. The SMILES string of the molecule is O=C(NCCC(=O)N1CCC[C@@H]1c1nc2ccccc2s1)c1ccco1. The molecule has 0 spiro atoms. The van der Waals surface area contributed by atoms with Crippen LogP contribution in [0.5, 0.6) is 0 Å². The molecule has 4 rings (SSSR count). The number of hydrogen-bond acceptors (Lipinski definition) is 5. The van der Waals surface area contributed by atoms with E-state index in [4.69, 9.17) is 9.40 Å². The van der Waals surface area contributed by atoms with Crippen molar-refractivity contribution in [3.63, 3.8) is 0 Å². The fourth-order valence-electron chi connectivity index (χ4n) is 3.28. The van der Waals surface area contributed by atoms with Gasteiger partial charge in [0.25, 0.3) is 5.91 Å². The molecule has 0 bridgehead atoms. The van der Waals surface area contributed by atoms with Gasteiger partial charge in [-0.25, -0.2) is 4.98 Å². The summed E-state index contributed by atoms with van der Waals surface area (Å²) < 4.78 is 6.19. The van der Waals surface area contributed by atoms with Crippen LogP contribution in [0.4, 0.5) is 0 Å². The van der Waals surface area contributed by atoms with Crippen LogP contribution >= 0.6 is 11.3 Å². The second-order valence-electron chi connectivity index (χ2n) is 6.25. The minimum Gasteiger partial charge on any atom is -0.459 e. The van der Waals surface area contributed by atoms with E-state index in [1.54, 1.807) is 23.5 Å². The van der Waals surface area contributed by atoms with Gasteiger partial charge in [0.2, 0.25) is 5.91 Å². The molecule has 3 heterocycles. The van der Waals surface area contributed by atoms with Crippen LogP contribution in [0.3, 0.4) is 0 Å². The smallest absolute Gasteiger partial charge is 0.286 e. The van der Waals surface area contributed by atoms with E-state index in [0.29, 0.717) is 6.54 Å². The first-order valence-corrected chi connectivity index (χ1v) is 9.50. The molecule has 3 aromatic rings. The number of aromatic nitrogens is 1. The fourth-order valence-corrected chi connectivity index (χ4v) is 4.39. The largest absolute Gasteiger partial charge is 0.459 e. The lowest BCUT2D eigenvalue weighted by Crippen LogP contribution is -2.34. The predicted octanol–water partition coefficient (Wildman–Crippen LogP) is 3.37. The molecule has 1 saturated heterocycles. The highest BCUT2D eigenvalue weighted by atomic mass is 32.1. The van der Waals surface area contributed by atoms with E-state index in [1.165, 1.54) is 6.26 Å². The normalized spacial score (nSPS) is 16.9. The molecule has 1 aromatic carbocycles. The number of para-hydroxylation sites is 1. The average Bonchev–Trinajstić information content (AvgIpc) is 3.40. The van der Waals surface area contributed by atoms with Crippen molar-refractivity contribution >= 4 is 33.4 Å². The Hall–Kier alpha value is -2.67. The molecule has 0 aliphatic carbocycles. The van der Waals surface area contributed by atoms with Gasteiger partial charge in [-0.1, -0.05) is 12.1 Å². The molecule has 0 unspecified atom stereocenters. The second kappa shape index (κ2) is 7.29. The monoisotopic (exact) mass is 369 g/mol. The molecule has 0 saturated carbocycles. The fraction of sp³-hybridized carbons (Fsp3) is 0.316. The number of fused-ring (bicyclic) bond motifs is 1. The molecule has 1 atom stereocenters. The number of carbonyl (C=O) groups excluding carboxylic acids is 2. The quantitative estimate of drug-likeness (QED) is 0.748. The Kier molecular flexibility index (Phi) is 4.71. The molecule has 134 valence electrons. The van der Waals surface area contributed by atoms with Gasteiger partial charge in [-0.05, 0) is 37.1 Å². The van der Waals surface area contributed by atoms with Crippen LogP contribution in [0.15, 0.2) is 47.1 Å². The molecule has 26 heavy (non-hydrogen) atoms. The lowest BCUT2D eigenvalue weighted by molar-refractivity contribution is -0.132. The third-order valence-electron chi connectivity index (χ3n) is 4.54. The Bertz CT molecular complexity index is 886. The highest BCUT2D eigenvalue weighted by Crippen LogP contribution is 2.36. The van der Waals surface area contributed by atoms with Crippen molar-refractivity contribution in [2.24, 2.45) is 0 Å². The van der Waals surface area contributed by atoms with Crippen LogP contribution in [0.25, 0.3) is 10.2 Å². The topological polar surface area (TPSA) is 75.4 Å². The van der Waals surface area contributed by atoms with E-state index in [-0.39, 0.29) is 30.0 Å². The summed E-state index contributed by atoms with van der Waals surface area (Å²) in [6, 6.07) is 11.3. The van der Waals surface area contributed by atoms with Crippen molar-refractivity contribution in [2.45, 2.75) is 25.3 Å². The second-order valence-corrected chi connectivity index (χ2v) is 7.31. The molecule has 0 radical (unpaired) electrons. The number of hydrogen-bond donors (Lipinski definition) is 1. The van der Waals surface area contributed by atoms with Gasteiger partial charge in [-0.2, -0.15) is 0 Å². The van der Waals surface area contributed by atoms with Crippen LogP contribution in [-0.4, -0.2) is 34.8 Å². The van der Waals surface area contributed by atoms with Gasteiger partial charge in [-0.3, -0.25) is 9.59 Å². The zero-order chi connectivity index (χ0) is 17.9. The highest BCUT2D eigenvalue weighted by Gasteiger charge is 2.31. The Morgan fingerprint density at radius 3 is 2.96 bits per heavy atom. The number of nitrogens with one attached hydrogen (secondary N) is 1. The van der Waals surface area contributed by atoms with E-state index < -0.39 is 0 Å². The standard InChI is InChI=1S/C19H19N3O3S/c23-17(9-10-20-18(24)15-7-4-12-25-15)22-11-3-6-14(22)19-21-13-5-1-2-8-16(13)26-19/h1-2,4-5,7-8,12,14H,3,6,9-11H2,(H,20,24)/t14-/m1/s1. The van der Waals surface area contributed by atoms with E-state index >= 15 is 0 Å². The lowest BCUT2D eigenvalue weighted by Gasteiger charge is -2.23. The summed E-state index contributed by atoms with van der Waals surface area (Å²) in [6.45, 7) is 1.03. The van der Waals surface area contributed by atoms with Gasteiger partial charge >= 0.3 is 0 Å². The van der Waals surface area contributed by atoms with Crippen LogP contribution in [-0.2, 0) is 4.79 Å².